The van der Waals surface area contributed by atoms with Gasteiger partial charge in [0.1, 0.15) is 6.04 Å². The van der Waals surface area contributed by atoms with Gasteiger partial charge in [0.2, 0.25) is 0 Å². The van der Waals surface area contributed by atoms with Crippen LogP contribution in [-0.2, 0) is 4.79 Å². The van der Waals surface area contributed by atoms with E-state index in [-0.39, 0.29) is 47.4 Å². The molecular formula is C22H43N2NaO3. The number of carboxylic acid groups (broad SMARTS) is 1. The molecule has 0 aliphatic heterocycles. The first-order valence-corrected chi connectivity index (χ1v) is 11.0. The van der Waals surface area contributed by atoms with Crippen molar-refractivity contribution in [3.8, 4) is 0 Å². The van der Waals surface area contributed by atoms with Crippen LogP contribution < -0.4 is 40.0 Å². The molecule has 0 heterocycles. The van der Waals surface area contributed by atoms with E-state index in [1.54, 1.807) is 13.8 Å². The summed E-state index contributed by atoms with van der Waals surface area (Å²) < 4.78 is 0. The fourth-order valence-corrected chi connectivity index (χ4v) is 3.17. The molecule has 0 radical (unpaired) electrons. The number of aliphatic carboxylic acids is 1. The zero-order valence-electron chi connectivity index (χ0n) is 19.3. The average Bonchev–Trinajstić information content (AvgIpc) is 2.59. The maximum Gasteiger partial charge on any atom is 1.00 e. The van der Waals surface area contributed by atoms with Gasteiger partial charge in [-0.05, 0) is 37.1 Å². The molecule has 0 amide bonds. The van der Waals surface area contributed by atoms with E-state index in [1.807, 2.05) is 0 Å². The van der Waals surface area contributed by atoms with Gasteiger partial charge in [-0.15, -0.1) is 0 Å². The van der Waals surface area contributed by atoms with E-state index >= 15 is 0 Å². The van der Waals surface area contributed by atoms with Crippen LogP contribution in [0.5, 0.6) is 0 Å². The molecule has 5 nitrogen and oxygen atoms in total. The number of nitrogens with one attached hydrogen (secondary N) is 1. The molecule has 28 heavy (non-hydrogen) atoms. The predicted molar refractivity (Wildman–Crippen MR) is 112 cm³/mol. The van der Waals surface area contributed by atoms with E-state index in [0.717, 1.165) is 13.0 Å². The molecule has 0 bridgehead atoms. The van der Waals surface area contributed by atoms with Crippen LogP contribution in [0.4, 0.5) is 0 Å². The van der Waals surface area contributed by atoms with Crippen LogP contribution in [-0.4, -0.2) is 35.6 Å². The zero-order valence-corrected chi connectivity index (χ0v) is 21.3. The minimum atomic E-state index is -1.03. The third-order valence-corrected chi connectivity index (χ3v) is 4.83. The van der Waals surface area contributed by atoms with Crippen LogP contribution in [0.25, 0.3) is 0 Å². The molecule has 0 spiro atoms. The number of unbranched alkanes of at least 4 members (excludes halogenated alkanes) is 8. The standard InChI is InChI=1S/C22H44N2O3.Na/c1-6-7-8-9-10-11-12-13-14-15-23-19(16-17(2)3)21(25)24-20(18(4)5)22(26)27;/h17-20,23H,6-16H2,1-5H3,(H,24,25)(H,26,27);/q;+1/p-1/t19-,20-;/m0./s1. The Labute approximate surface area is 195 Å². The van der Waals surface area contributed by atoms with Gasteiger partial charge in [0.15, 0.2) is 0 Å². The summed E-state index contributed by atoms with van der Waals surface area (Å²) >= 11 is 0. The number of rotatable bonds is 17. The maximum atomic E-state index is 12.5. The van der Waals surface area contributed by atoms with Gasteiger partial charge in [0, 0.05) is 6.04 Å². The molecule has 0 aliphatic rings. The van der Waals surface area contributed by atoms with Crippen molar-refractivity contribution in [1.29, 1.82) is 0 Å². The first-order chi connectivity index (χ1) is 12.8. The van der Waals surface area contributed by atoms with Crippen LogP contribution >= 0.6 is 0 Å². The van der Waals surface area contributed by atoms with Gasteiger partial charge in [-0.3, -0.25) is 4.99 Å². The Morgan fingerprint density at radius 2 is 1.46 bits per heavy atom. The molecule has 0 unspecified atom stereocenters. The quantitative estimate of drug-likeness (QED) is 0.165. The molecule has 0 saturated heterocycles. The minimum Gasteiger partial charge on any atom is -0.861 e. The summed E-state index contributed by atoms with van der Waals surface area (Å²) in [6.45, 7) is 10.7. The van der Waals surface area contributed by atoms with Crippen LogP contribution in [0, 0.1) is 11.8 Å². The van der Waals surface area contributed by atoms with Crippen LogP contribution in [0.15, 0.2) is 4.99 Å². The van der Waals surface area contributed by atoms with E-state index in [4.69, 9.17) is 0 Å². The van der Waals surface area contributed by atoms with Crippen molar-refractivity contribution in [3.63, 3.8) is 0 Å². The van der Waals surface area contributed by atoms with E-state index < -0.39 is 12.0 Å². The van der Waals surface area contributed by atoms with Gasteiger partial charge < -0.3 is 15.5 Å². The Bertz CT molecular complexity index is 415. The second-order valence-electron chi connectivity index (χ2n) is 8.46. The second kappa shape index (κ2) is 18.9. The summed E-state index contributed by atoms with van der Waals surface area (Å²) in [6, 6.07) is -1.33. The summed E-state index contributed by atoms with van der Waals surface area (Å²) in [5.41, 5.74) is 0. The van der Waals surface area contributed by atoms with Gasteiger partial charge in [-0.2, -0.15) is 0 Å². The molecule has 0 saturated carbocycles. The van der Waals surface area contributed by atoms with Gasteiger partial charge in [0.05, 0.1) is 0 Å². The van der Waals surface area contributed by atoms with E-state index in [0.29, 0.717) is 12.3 Å². The fraction of sp³-hybridized carbons (Fsp3) is 0.909. The largest absolute Gasteiger partial charge is 1.00 e. The Morgan fingerprint density at radius 3 is 1.89 bits per heavy atom. The fourth-order valence-electron chi connectivity index (χ4n) is 3.17. The van der Waals surface area contributed by atoms with Crippen molar-refractivity contribution < 1.29 is 44.6 Å². The summed E-state index contributed by atoms with van der Waals surface area (Å²) in [7, 11) is 0. The number of carboxylic acids is 1. The van der Waals surface area contributed by atoms with Crippen molar-refractivity contribution in [3.05, 3.63) is 0 Å². The zero-order chi connectivity index (χ0) is 20.7. The molecule has 0 fully saturated rings. The van der Waals surface area contributed by atoms with Crippen molar-refractivity contribution in [2.45, 2.75) is 111 Å². The first-order valence-electron chi connectivity index (χ1n) is 11.0. The van der Waals surface area contributed by atoms with Crippen LogP contribution in [0.2, 0.25) is 0 Å². The minimum absolute atomic E-state index is 0. The van der Waals surface area contributed by atoms with Gasteiger partial charge in [0.25, 0.3) is 0 Å². The van der Waals surface area contributed by atoms with Gasteiger partial charge >= 0.3 is 35.5 Å². The molecule has 6 heteroatoms. The van der Waals surface area contributed by atoms with Crippen LogP contribution in [0.1, 0.15) is 98.8 Å². The smallest absolute Gasteiger partial charge is 0.861 e. The monoisotopic (exact) mass is 406 g/mol. The number of hydrogen-bond acceptors (Lipinski definition) is 4. The Hall–Kier alpha value is -0.100. The summed E-state index contributed by atoms with van der Waals surface area (Å²) in [6.07, 6.45) is 12.1. The number of carbonyl (C=O) groups is 1. The SMILES string of the molecule is CCCCCCCCCCCN[C@@H](CC(C)C)C([O-])=N[C@H](C(=O)O)C(C)C.[Na+]. The summed E-state index contributed by atoms with van der Waals surface area (Å²) in [5, 5.41) is 25.1. The molecule has 0 aromatic heterocycles. The number of hydrogen-bond donors (Lipinski definition) is 2. The van der Waals surface area contributed by atoms with Gasteiger partial charge in [-0.25, -0.2) is 4.79 Å². The number of nitrogens with zero attached hydrogens (tertiary/aromatic N) is 1. The second-order valence-corrected chi connectivity index (χ2v) is 8.46. The molecule has 0 aromatic rings. The molecule has 160 valence electrons. The topological polar surface area (TPSA) is 84.8 Å². The van der Waals surface area contributed by atoms with Crippen molar-refractivity contribution in [2.75, 3.05) is 6.54 Å². The van der Waals surface area contributed by atoms with Gasteiger partial charge in [-0.1, -0.05) is 86.0 Å². The Balaban J connectivity index is 0. The first kappa shape index (κ1) is 30.1. The molecular weight excluding hydrogens is 363 g/mol. The third kappa shape index (κ3) is 15.8. The third-order valence-electron chi connectivity index (χ3n) is 4.83. The molecule has 0 aromatic carbocycles. The van der Waals surface area contributed by atoms with Crippen LogP contribution in [0.3, 0.4) is 0 Å². The maximum absolute atomic E-state index is 12.5. The number of aliphatic imine (C=N–C) groups is 1. The van der Waals surface area contributed by atoms with Crippen molar-refractivity contribution in [1.82, 2.24) is 5.32 Å². The molecule has 0 aliphatic carbocycles. The predicted octanol–water partition coefficient (Wildman–Crippen LogP) is 1.39. The molecule has 0 rings (SSSR count). The van der Waals surface area contributed by atoms with Crippen molar-refractivity contribution in [2.24, 2.45) is 16.8 Å². The summed E-state index contributed by atoms with van der Waals surface area (Å²) in [5.74, 6) is -1.18. The Morgan fingerprint density at radius 1 is 0.964 bits per heavy atom. The van der Waals surface area contributed by atoms with Crippen molar-refractivity contribution >= 4 is 11.9 Å². The average molecular weight is 407 g/mol. The molecule has 2 N–H and O–H groups in total. The summed E-state index contributed by atoms with van der Waals surface area (Å²) in [4.78, 5) is 15.3. The normalized spacial score (nSPS) is 14.2. The van der Waals surface area contributed by atoms with E-state index in [9.17, 15) is 15.0 Å². The molecule has 2 atom stereocenters. The van der Waals surface area contributed by atoms with E-state index in [1.165, 1.54) is 51.4 Å². The van der Waals surface area contributed by atoms with E-state index in [2.05, 4.69) is 31.1 Å². The Kier molecular flexibility index (Phi) is 20.3.